The number of rotatable bonds is 4. The summed E-state index contributed by atoms with van der Waals surface area (Å²) in [6, 6.07) is -0.393. The number of aryl methyl sites for hydroxylation is 1. The number of carbonyl (C=O) groups is 1. The fraction of sp³-hybridized carbons (Fsp3) is 0.357. The first kappa shape index (κ1) is 15.3. The van der Waals surface area contributed by atoms with Crippen LogP contribution >= 0.6 is 11.3 Å². The van der Waals surface area contributed by atoms with Gasteiger partial charge in [-0.2, -0.15) is 5.10 Å². The summed E-state index contributed by atoms with van der Waals surface area (Å²) in [5, 5.41) is 11.4. The molecule has 0 aliphatic carbocycles. The third-order valence-corrected chi connectivity index (χ3v) is 4.20. The summed E-state index contributed by atoms with van der Waals surface area (Å²) >= 11 is 1.34. The van der Waals surface area contributed by atoms with Crippen LogP contribution in [0.25, 0.3) is 4.96 Å². The van der Waals surface area contributed by atoms with Gasteiger partial charge in [-0.05, 0) is 12.8 Å². The minimum absolute atomic E-state index is 0.00110. The van der Waals surface area contributed by atoms with Crippen molar-refractivity contribution in [2.75, 3.05) is 0 Å². The van der Waals surface area contributed by atoms with E-state index in [4.69, 9.17) is 0 Å². The average molecular weight is 332 g/mol. The molecule has 1 atom stereocenters. The molecule has 0 saturated heterocycles. The van der Waals surface area contributed by atoms with Crippen LogP contribution in [0, 0.1) is 12.8 Å². The van der Waals surface area contributed by atoms with E-state index in [2.05, 4.69) is 25.5 Å². The highest BCUT2D eigenvalue weighted by Gasteiger charge is 2.24. The van der Waals surface area contributed by atoms with Crippen LogP contribution in [0.1, 0.15) is 41.9 Å². The van der Waals surface area contributed by atoms with Crippen molar-refractivity contribution in [2.24, 2.45) is 5.92 Å². The van der Waals surface area contributed by atoms with Gasteiger partial charge in [-0.25, -0.2) is 9.97 Å². The molecule has 0 aromatic carbocycles. The lowest BCUT2D eigenvalue weighted by Crippen LogP contribution is -2.36. The molecule has 0 fully saturated rings. The van der Waals surface area contributed by atoms with Crippen LogP contribution in [-0.2, 0) is 0 Å². The molecule has 0 bridgehead atoms. The minimum Gasteiger partial charge on any atom is -0.341 e. The van der Waals surface area contributed by atoms with Gasteiger partial charge in [0, 0.05) is 17.8 Å². The number of amides is 1. The third kappa shape index (κ3) is 2.87. The maximum atomic E-state index is 12.5. The SMILES string of the molecule is Cc1nc([C@H](NC(=O)c2cnc3sccn3c2=O)C(C)C)n[nH]1. The first-order valence-electron chi connectivity index (χ1n) is 7.12. The molecule has 3 aromatic heterocycles. The Morgan fingerprint density at radius 1 is 1.43 bits per heavy atom. The van der Waals surface area contributed by atoms with Gasteiger partial charge in [0.25, 0.3) is 11.5 Å². The maximum absolute atomic E-state index is 12.5. The monoisotopic (exact) mass is 332 g/mol. The van der Waals surface area contributed by atoms with Crippen molar-refractivity contribution < 1.29 is 4.79 Å². The number of aromatic nitrogens is 5. The topological polar surface area (TPSA) is 105 Å². The lowest BCUT2D eigenvalue weighted by molar-refractivity contribution is 0.0921. The Bertz CT molecular complexity index is 909. The summed E-state index contributed by atoms with van der Waals surface area (Å²) in [4.78, 5) is 33.8. The van der Waals surface area contributed by atoms with Crippen LogP contribution in [0.4, 0.5) is 0 Å². The summed E-state index contributed by atoms with van der Waals surface area (Å²) < 4.78 is 1.36. The zero-order valence-electron chi connectivity index (χ0n) is 12.9. The number of nitrogens with one attached hydrogen (secondary N) is 2. The Labute approximate surface area is 135 Å². The molecule has 0 saturated carbocycles. The predicted octanol–water partition coefficient (Wildman–Crippen LogP) is 1.31. The molecule has 0 unspecified atom stereocenters. The summed E-state index contributed by atoms with van der Waals surface area (Å²) in [5.41, 5.74) is -0.388. The molecule has 2 N–H and O–H groups in total. The van der Waals surface area contributed by atoms with E-state index in [1.54, 1.807) is 18.5 Å². The van der Waals surface area contributed by atoms with E-state index in [9.17, 15) is 9.59 Å². The molecule has 3 aromatic rings. The summed E-state index contributed by atoms with van der Waals surface area (Å²) in [6.07, 6.45) is 2.91. The Morgan fingerprint density at radius 2 is 2.22 bits per heavy atom. The van der Waals surface area contributed by atoms with Gasteiger partial charge in [0.15, 0.2) is 10.8 Å². The second-order valence-corrected chi connectivity index (χ2v) is 6.38. The van der Waals surface area contributed by atoms with Crippen LogP contribution in [-0.4, -0.2) is 30.5 Å². The van der Waals surface area contributed by atoms with Crippen molar-refractivity contribution >= 4 is 22.2 Å². The van der Waals surface area contributed by atoms with Crippen LogP contribution in [0.15, 0.2) is 22.6 Å². The number of fused-ring (bicyclic) bond motifs is 1. The maximum Gasteiger partial charge on any atom is 0.271 e. The Balaban J connectivity index is 1.92. The third-order valence-electron chi connectivity index (χ3n) is 3.43. The van der Waals surface area contributed by atoms with Gasteiger partial charge in [-0.15, -0.1) is 11.3 Å². The molecule has 9 heteroatoms. The van der Waals surface area contributed by atoms with E-state index in [1.807, 2.05) is 13.8 Å². The molecule has 0 radical (unpaired) electrons. The highest BCUT2D eigenvalue weighted by atomic mass is 32.1. The molecule has 3 heterocycles. The van der Waals surface area contributed by atoms with Crippen LogP contribution < -0.4 is 10.9 Å². The summed E-state index contributed by atoms with van der Waals surface area (Å²) in [7, 11) is 0. The van der Waals surface area contributed by atoms with Crippen molar-refractivity contribution in [2.45, 2.75) is 26.8 Å². The van der Waals surface area contributed by atoms with E-state index in [0.717, 1.165) is 0 Å². The zero-order chi connectivity index (χ0) is 16.6. The standard InChI is InChI=1S/C14H16N6O2S/c1-7(2)10(11-16-8(3)18-19-11)17-12(21)9-6-15-14-20(13(9)22)4-5-23-14/h4-7,10H,1-3H3,(H,17,21)(H,16,18,19)/t10-/m1/s1. The van der Waals surface area contributed by atoms with E-state index in [1.165, 1.54) is 21.9 Å². The van der Waals surface area contributed by atoms with Gasteiger partial charge < -0.3 is 5.32 Å². The minimum atomic E-state index is -0.482. The van der Waals surface area contributed by atoms with Crippen LogP contribution in [0.5, 0.6) is 0 Å². The van der Waals surface area contributed by atoms with Gasteiger partial charge in [0.2, 0.25) is 0 Å². The Morgan fingerprint density at radius 3 is 2.87 bits per heavy atom. The first-order valence-corrected chi connectivity index (χ1v) is 8.00. The molecule has 0 spiro atoms. The van der Waals surface area contributed by atoms with Gasteiger partial charge in [-0.3, -0.25) is 19.1 Å². The smallest absolute Gasteiger partial charge is 0.271 e. The summed E-state index contributed by atoms with van der Waals surface area (Å²) in [6.45, 7) is 5.68. The van der Waals surface area contributed by atoms with E-state index < -0.39 is 11.9 Å². The second-order valence-electron chi connectivity index (χ2n) is 5.51. The van der Waals surface area contributed by atoms with Crippen molar-refractivity contribution in [3.05, 3.63) is 45.3 Å². The Hall–Kier alpha value is -2.55. The van der Waals surface area contributed by atoms with Crippen molar-refractivity contribution in [3.8, 4) is 0 Å². The van der Waals surface area contributed by atoms with Crippen LogP contribution in [0.3, 0.4) is 0 Å². The molecule has 0 aliphatic heterocycles. The predicted molar refractivity (Wildman–Crippen MR) is 85.5 cm³/mol. The van der Waals surface area contributed by atoms with Crippen molar-refractivity contribution in [3.63, 3.8) is 0 Å². The lowest BCUT2D eigenvalue weighted by atomic mass is 10.0. The van der Waals surface area contributed by atoms with Crippen molar-refractivity contribution in [1.29, 1.82) is 0 Å². The number of aromatic amines is 1. The average Bonchev–Trinajstić information content (AvgIpc) is 3.13. The number of hydrogen-bond donors (Lipinski definition) is 2. The molecule has 0 aliphatic rings. The molecule has 3 rings (SSSR count). The van der Waals surface area contributed by atoms with Gasteiger partial charge >= 0.3 is 0 Å². The van der Waals surface area contributed by atoms with Crippen LogP contribution in [0.2, 0.25) is 0 Å². The fourth-order valence-corrected chi connectivity index (χ4v) is 2.90. The fourth-order valence-electron chi connectivity index (χ4n) is 2.23. The molecular formula is C14H16N6O2S. The van der Waals surface area contributed by atoms with E-state index >= 15 is 0 Å². The van der Waals surface area contributed by atoms with E-state index in [-0.39, 0.29) is 17.0 Å². The molecular weight excluding hydrogens is 316 g/mol. The number of H-pyrrole nitrogens is 1. The first-order chi connectivity index (χ1) is 11.0. The van der Waals surface area contributed by atoms with E-state index in [0.29, 0.717) is 16.6 Å². The molecule has 120 valence electrons. The molecule has 1 amide bonds. The van der Waals surface area contributed by atoms with Gasteiger partial charge in [0.1, 0.15) is 11.4 Å². The van der Waals surface area contributed by atoms with Crippen molar-refractivity contribution in [1.82, 2.24) is 29.9 Å². The zero-order valence-corrected chi connectivity index (χ0v) is 13.7. The number of hydrogen-bond acceptors (Lipinski definition) is 6. The highest BCUT2D eigenvalue weighted by molar-refractivity contribution is 7.15. The van der Waals surface area contributed by atoms with Gasteiger partial charge in [-0.1, -0.05) is 13.8 Å². The number of carbonyl (C=O) groups excluding carboxylic acids is 1. The Kier molecular flexibility index (Phi) is 3.95. The quantitative estimate of drug-likeness (QED) is 0.749. The second kappa shape index (κ2) is 5.92. The summed E-state index contributed by atoms with van der Waals surface area (Å²) in [5.74, 6) is 0.746. The highest BCUT2D eigenvalue weighted by Crippen LogP contribution is 2.18. The van der Waals surface area contributed by atoms with Gasteiger partial charge in [0.05, 0.1) is 6.04 Å². The number of thiazole rings is 1. The lowest BCUT2D eigenvalue weighted by Gasteiger charge is -2.19. The molecule has 23 heavy (non-hydrogen) atoms. The normalized spacial score (nSPS) is 12.7. The number of nitrogens with zero attached hydrogens (tertiary/aromatic N) is 4. The molecule has 8 nitrogen and oxygen atoms in total. The largest absolute Gasteiger partial charge is 0.341 e.